The largest absolute Gasteiger partial charge is 0.481 e. The number of likely N-dealkylation sites (tertiary alicyclic amines) is 1. The van der Waals surface area contributed by atoms with Crippen LogP contribution >= 0.6 is 11.6 Å². The van der Waals surface area contributed by atoms with Gasteiger partial charge >= 0.3 is 5.97 Å². The van der Waals surface area contributed by atoms with E-state index in [0.29, 0.717) is 19.1 Å². The number of nitrogens with one attached hydrogen (secondary N) is 3. The minimum Gasteiger partial charge on any atom is -0.481 e. The number of hydrogen-bond donors (Lipinski definition) is 4. The Morgan fingerprint density at radius 3 is 2.42 bits per heavy atom. The number of carboxylic acid groups (broad SMARTS) is 1. The van der Waals surface area contributed by atoms with Crippen molar-refractivity contribution in [3.05, 3.63) is 28.8 Å². The Hall–Kier alpha value is -3.47. The SMILES string of the molecule is CC(=O)Nc1cccc(C(=O)N[C@H](C(=O)N2CCC[C@H]2C(=O)N[C@H](C=O)CC(=O)O)C(C)(C)C)c1Cl. The summed E-state index contributed by atoms with van der Waals surface area (Å²) in [6.45, 7) is 6.82. The third-order valence-electron chi connectivity index (χ3n) is 5.67. The molecule has 1 aromatic carbocycles. The van der Waals surface area contributed by atoms with Crippen molar-refractivity contribution in [2.45, 2.75) is 65.1 Å². The molecule has 0 unspecified atom stereocenters. The van der Waals surface area contributed by atoms with E-state index in [0.717, 1.165) is 0 Å². The molecule has 1 saturated heterocycles. The van der Waals surface area contributed by atoms with Crippen molar-refractivity contribution >= 4 is 53.2 Å². The molecule has 2 rings (SSSR count). The van der Waals surface area contributed by atoms with Gasteiger partial charge in [0, 0.05) is 13.5 Å². The monoisotopic (exact) mass is 522 g/mol. The number of nitrogens with zero attached hydrogens (tertiary/aromatic N) is 1. The number of hydrogen-bond acceptors (Lipinski definition) is 6. The van der Waals surface area contributed by atoms with Crippen molar-refractivity contribution in [1.29, 1.82) is 0 Å². The summed E-state index contributed by atoms with van der Waals surface area (Å²) in [6, 6.07) is 1.37. The number of rotatable bonds is 9. The van der Waals surface area contributed by atoms with Crippen LogP contribution in [0.5, 0.6) is 0 Å². The van der Waals surface area contributed by atoms with Gasteiger partial charge in [-0.25, -0.2) is 0 Å². The first kappa shape index (κ1) is 28.8. The Labute approximate surface area is 213 Å². The predicted octanol–water partition coefficient (Wildman–Crippen LogP) is 1.59. The highest BCUT2D eigenvalue weighted by Gasteiger charge is 2.42. The number of anilines is 1. The molecule has 1 fully saturated rings. The second kappa shape index (κ2) is 12.0. The maximum atomic E-state index is 13.6. The molecule has 0 radical (unpaired) electrons. The van der Waals surface area contributed by atoms with E-state index in [1.54, 1.807) is 26.8 Å². The van der Waals surface area contributed by atoms with E-state index in [-0.39, 0.29) is 28.7 Å². The van der Waals surface area contributed by atoms with Gasteiger partial charge in [0.1, 0.15) is 18.4 Å². The molecule has 4 amide bonds. The van der Waals surface area contributed by atoms with Crippen molar-refractivity contribution < 1.29 is 33.9 Å². The second-order valence-corrected chi connectivity index (χ2v) is 10.0. The maximum Gasteiger partial charge on any atom is 0.305 e. The molecule has 0 spiro atoms. The maximum absolute atomic E-state index is 13.6. The Balaban J connectivity index is 2.26. The molecular formula is C24H31ClN4O7. The predicted molar refractivity (Wildman–Crippen MR) is 131 cm³/mol. The molecule has 36 heavy (non-hydrogen) atoms. The van der Waals surface area contributed by atoms with Gasteiger partial charge in [-0.05, 0) is 30.4 Å². The zero-order valence-corrected chi connectivity index (χ0v) is 21.3. The van der Waals surface area contributed by atoms with Crippen LogP contribution in [0.3, 0.4) is 0 Å². The van der Waals surface area contributed by atoms with Crippen molar-refractivity contribution in [1.82, 2.24) is 15.5 Å². The van der Waals surface area contributed by atoms with E-state index in [2.05, 4.69) is 16.0 Å². The number of carbonyl (C=O) groups is 6. The molecule has 11 nitrogen and oxygen atoms in total. The zero-order chi connectivity index (χ0) is 27.2. The van der Waals surface area contributed by atoms with Gasteiger partial charge < -0.3 is 30.8 Å². The first-order valence-electron chi connectivity index (χ1n) is 11.4. The third-order valence-corrected chi connectivity index (χ3v) is 6.07. The van der Waals surface area contributed by atoms with Crippen molar-refractivity contribution in [3.8, 4) is 0 Å². The molecule has 0 aromatic heterocycles. The summed E-state index contributed by atoms with van der Waals surface area (Å²) in [6.07, 6.45) is 0.606. The topological polar surface area (TPSA) is 162 Å². The van der Waals surface area contributed by atoms with E-state index < -0.39 is 53.7 Å². The van der Waals surface area contributed by atoms with Crippen LogP contribution in [0.25, 0.3) is 0 Å². The average Bonchev–Trinajstić information content (AvgIpc) is 3.26. The number of amides is 4. The molecule has 1 aliphatic heterocycles. The van der Waals surface area contributed by atoms with E-state index in [9.17, 15) is 28.8 Å². The quantitative estimate of drug-likeness (QED) is 0.358. The van der Waals surface area contributed by atoms with Gasteiger partial charge in [-0.1, -0.05) is 38.4 Å². The van der Waals surface area contributed by atoms with Gasteiger partial charge in [-0.15, -0.1) is 0 Å². The molecule has 196 valence electrons. The van der Waals surface area contributed by atoms with Gasteiger partial charge in [-0.3, -0.25) is 24.0 Å². The Morgan fingerprint density at radius 1 is 1.19 bits per heavy atom. The van der Waals surface area contributed by atoms with E-state index in [1.165, 1.54) is 24.0 Å². The summed E-state index contributed by atoms with van der Waals surface area (Å²) in [5, 5.41) is 16.6. The summed E-state index contributed by atoms with van der Waals surface area (Å²) in [7, 11) is 0. The van der Waals surface area contributed by atoms with Crippen LogP contribution < -0.4 is 16.0 Å². The molecule has 0 saturated carbocycles. The van der Waals surface area contributed by atoms with Gasteiger partial charge in [0.05, 0.1) is 28.7 Å². The highest BCUT2D eigenvalue weighted by atomic mass is 35.5. The molecule has 4 N–H and O–H groups in total. The number of benzene rings is 1. The first-order valence-corrected chi connectivity index (χ1v) is 11.8. The fraction of sp³-hybridized carbons (Fsp3) is 0.500. The van der Waals surface area contributed by atoms with Crippen molar-refractivity contribution in [2.24, 2.45) is 5.41 Å². The molecule has 1 heterocycles. The van der Waals surface area contributed by atoms with Crippen LogP contribution in [0, 0.1) is 5.41 Å². The molecular weight excluding hydrogens is 492 g/mol. The van der Waals surface area contributed by atoms with Crippen molar-refractivity contribution in [3.63, 3.8) is 0 Å². The number of carboxylic acids is 1. The molecule has 0 aliphatic carbocycles. The minimum absolute atomic E-state index is 0.0158. The summed E-state index contributed by atoms with van der Waals surface area (Å²) in [5.41, 5.74) is -0.451. The van der Waals surface area contributed by atoms with Crippen LogP contribution in [0.1, 0.15) is 57.3 Å². The van der Waals surface area contributed by atoms with Gasteiger partial charge in [-0.2, -0.15) is 0 Å². The number of halogens is 1. The highest BCUT2D eigenvalue weighted by Crippen LogP contribution is 2.29. The van der Waals surface area contributed by atoms with Crippen LogP contribution in [0.15, 0.2) is 18.2 Å². The van der Waals surface area contributed by atoms with E-state index in [1.807, 2.05) is 0 Å². The lowest BCUT2D eigenvalue weighted by atomic mass is 9.85. The lowest BCUT2D eigenvalue weighted by molar-refractivity contribution is -0.143. The molecule has 0 bridgehead atoms. The smallest absolute Gasteiger partial charge is 0.305 e. The van der Waals surface area contributed by atoms with Crippen molar-refractivity contribution in [2.75, 3.05) is 11.9 Å². The number of carbonyl (C=O) groups excluding carboxylic acids is 5. The lowest BCUT2D eigenvalue weighted by Gasteiger charge is -2.35. The van der Waals surface area contributed by atoms with Crippen LogP contribution in [-0.2, 0) is 24.0 Å². The summed E-state index contributed by atoms with van der Waals surface area (Å²) in [5.74, 6) is -3.38. The van der Waals surface area contributed by atoms with Gasteiger partial charge in [0.2, 0.25) is 17.7 Å². The minimum atomic E-state index is -1.25. The summed E-state index contributed by atoms with van der Waals surface area (Å²) < 4.78 is 0. The zero-order valence-electron chi connectivity index (χ0n) is 20.6. The normalized spacial score (nSPS) is 17.0. The molecule has 1 aliphatic rings. The van der Waals surface area contributed by atoms with E-state index in [4.69, 9.17) is 16.7 Å². The van der Waals surface area contributed by atoms with Crippen LogP contribution in [-0.4, -0.2) is 70.6 Å². The average molecular weight is 523 g/mol. The van der Waals surface area contributed by atoms with E-state index >= 15 is 0 Å². The summed E-state index contributed by atoms with van der Waals surface area (Å²) >= 11 is 6.32. The Bertz CT molecular complexity index is 1050. The number of aliphatic carboxylic acids is 1. The van der Waals surface area contributed by atoms with Gasteiger partial charge in [0.25, 0.3) is 5.91 Å². The van der Waals surface area contributed by atoms with Gasteiger partial charge in [0.15, 0.2) is 0 Å². The first-order chi connectivity index (χ1) is 16.8. The highest BCUT2D eigenvalue weighted by molar-refractivity contribution is 6.36. The fourth-order valence-electron chi connectivity index (χ4n) is 3.92. The second-order valence-electron chi connectivity index (χ2n) is 9.66. The standard InChI is InChI=1S/C24H31ClN4O7/c1-13(31)26-16-8-5-7-15(19(16)25)21(34)28-20(24(2,3)4)23(36)29-10-6-9-17(29)22(35)27-14(12-30)11-18(32)33/h5,7-8,12,14,17,20H,6,9-11H2,1-4H3,(H,26,31)(H,27,35)(H,28,34)(H,32,33)/t14-,17-,20+/m0/s1. The molecule has 1 aromatic rings. The Morgan fingerprint density at radius 2 is 1.86 bits per heavy atom. The fourth-order valence-corrected chi connectivity index (χ4v) is 4.18. The number of aldehydes is 1. The molecule has 3 atom stereocenters. The Kier molecular flexibility index (Phi) is 9.57. The summed E-state index contributed by atoms with van der Waals surface area (Å²) in [4.78, 5) is 74.4. The molecule has 12 heteroatoms. The lowest BCUT2D eigenvalue weighted by Crippen LogP contribution is -2.58. The van der Waals surface area contributed by atoms with Crippen LogP contribution in [0.4, 0.5) is 5.69 Å². The third kappa shape index (κ3) is 7.27. The van der Waals surface area contributed by atoms with Crippen LogP contribution in [0.2, 0.25) is 5.02 Å².